The predicted molar refractivity (Wildman–Crippen MR) is 74.1 cm³/mol. The summed E-state index contributed by atoms with van der Waals surface area (Å²) < 4.78 is 1.47. The van der Waals surface area contributed by atoms with Gasteiger partial charge < -0.3 is 9.67 Å². The maximum Gasteiger partial charge on any atom is 0.293 e. The van der Waals surface area contributed by atoms with Crippen molar-refractivity contribution in [3.63, 3.8) is 0 Å². The van der Waals surface area contributed by atoms with Crippen molar-refractivity contribution in [1.29, 1.82) is 0 Å². The third kappa shape index (κ3) is 1.63. The van der Waals surface area contributed by atoms with Crippen LogP contribution in [0.5, 0.6) is 5.75 Å². The molecule has 1 aromatic carbocycles. The van der Waals surface area contributed by atoms with Crippen LogP contribution >= 0.6 is 0 Å². The number of hydrogen-bond donors (Lipinski definition) is 1. The van der Waals surface area contributed by atoms with E-state index in [9.17, 15) is 9.90 Å². The topological polar surface area (TPSA) is 42.2 Å². The fourth-order valence-corrected chi connectivity index (χ4v) is 2.23. The minimum atomic E-state index is -0.461. The highest BCUT2D eigenvalue weighted by molar-refractivity contribution is 5.86. The maximum atomic E-state index is 12.0. The van der Waals surface area contributed by atoms with Crippen molar-refractivity contribution in [3.05, 3.63) is 52.8 Å². The number of aromatic hydroxyl groups is 1. The number of pyridine rings is 1. The Kier molecular flexibility index (Phi) is 2.77. The average molecular weight is 243 g/mol. The Balaban J connectivity index is 3.06. The molecule has 1 heterocycles. The molecule has 0 aliphatic carbocycles. The Morgan fingerprint density at radius 2 is 1.94 bits per heavy atom. The van der Waals surface area contributed by atoms with Crippen LogP contribution in [0.1, 0.15) is 19.4 Å². The highest BCUT2D eigenvalue weighted by Crippen LogP contribution is 2.35. The summed E-state index contributed by atoms with van der Waals surface area (Å²) >= 11 is 0. The molecule has 3 heteroatoms. The van der Waals surface area contributed by atoms with Crippen molar-refractivity contribution < 1.29 is 5.11 Å². The van der Waals surface area contributed by atoms with Crippen molar-refractivity contribution in [2.24, 2.45) is 7.05 Å². The number of hydrogen-bond acceptors (Lipinski definition) is 2. The third-order valence-corrected chi connectivity index (χ3v) is 3.43. The Morgan fingerprint density at radius 1 is 1.33 bits per heavy atom. The lowest BCUT2D eigenvalue weighted by Gasteiger charge is -2.24. The first kappa shape index (κ1) is 12.4. The molecule has 0 unspecified atom stereocenters. The number of fused-ring (bicyclic) bond motifs is 1. The number of para-hydroxylation sites is 1. The molecule has 3 nitrogen and oxygen atoms in total. The summed E-state index contributed by atoms with van der Waals surface area (Å²) in [5, 5.41) is 11.0. The molecule has 0 spiro atoms. The highest BCUT2D eigenvalue weighted by Gasteiger charge is 2.26. The lowest BCUT2D eigenvalue weighted by Crippen LogP contribution is -2.23. The van der Waals surface area contributed by atoms with E-state index in [1.807, 2.05) is 38.1 Å². The third-order valence-electron chi connectivity index (χ3n) is 3.43. The van der Waals surface area contributed by atoms with Gasteiger partial charge in [0.1, 0.15) is 0 Å². The van der Waals surface area contributed by atoms with Gasteiger partial charge in [-0.3, -0.25) is 4.79 Å². The van der Waals surface area contributed by atoms with Gasteiger partial charge in [-0.25, -0.2) is 0 Å². The van der Waals surface area contributed by atoms with Crippen LogP contribution < -0.4 is 5.56 Å². The fourth-order valence-electron chi connectivity index (χ4n) is 2.23. The van der Waals surface area contributed by atoms with Crippen LogP contribution in [0, 0.1) is 0 Å². The van der Waals surface area contributed by atoms with Gasteiger partial charge in [0, 0.05) is 23.4 Å². The normalized spacial score (nSPS) is 11.7. The van der Waals surface area contributed by atoms with E-state index in [2.05, 4.69) is 6.58 Å². The van der Waals surface area contributed by atoms with Gasteiger partial charge in [-0.2, -0.15) is 0 Å². The predicted octanol–water partition coefficient (Wildman–Crippen LogP) is 2.71. The van der Waals surface area contributed by atoms with Crippen molar-refractivity contribution in [3.8, 4) is 5.75 Å². The second-order valence-corrected chi connectivity index (χ2v) is 5.03. The van der Waals surface area contributed by atoms with E-state index in [4.69, 9.17) is 0 Å². The van der Waals surface area contributed by atoms with Crippen molar-refractivity contribution in [2.45, 2.75) is 19.3 Å². The van der Waals surface area contributed by atoms with E-state index in [1.54, 1.807) is 13.1 Å². The van der Waals surface area contributed by atoms with Gasteiger partial charge in [-0.15, -0.1) is 6.58 Å². The van der Waals surface area contributed by atoms with Gasteiger partial charge in [0.05, 0.1) is 5.52 Å². The molecule has 2 rings (SSSR count). The summed E-state index contributed by atoms with van der Waals surface area (Å²) in [5.41, 5.74) is 0.608. The minimum absolute atomic E-state index is 0.193. The molecule has 0 saturated heterocycles. The molecule has 1 aromatic heterocycles. The first-order valence-corrected chi connectivity index (χ1v) is 5.85. The fraction of sp³-hybridized carbons (Fsp3) is 0.267. The average Bonchev–Trinajstić information content (AvgIpc) is 2.36. The van der Waals surface area contributed by atoms with Gasteiger partial charge in [-0.05, 0) is 6.07 Å². The smallest absolute Gasteiger partial charge is 0.293 e. The summed E-state index contributed by atoms with van der Waals surface area (Å²) in [6.45, 7) is 7.65. The second-order valence-electron chi connectivity index (χ2n) is 5.03. The van der Waals surface area contributed by atoms with E-state index in [1.165, 1.54) is 4.57 Å². The van der Waals surface area contributed by atoms with E-state index in [0.717, 1.165) is 10.9 Å². The zero-order valence-electron chi connectivity index (χ0n) is 10.9. The summed E-state index contributed by atoms with van der Waals surface area (Å²) in [5.74, 6) is -0.193. The summed E-state index contributed by atoms with van der Waals surface area (Å²) in [4.78, 5) is 12.0. The molecule has 0 radical (unpaired) electrons. The van der Waals surface area contributed by atoms with Gasteiger partial charge in [0.25, 0.3) is 5.56 Å². The molecule has 0 saturated carbocycles. The second kappa shape index (κ2) is 4.02. The summed E-state index contributed by atoms with van der Waals surface area (Å²) in [7, 11) is 1.66. The number of nitrogens with zero attached hydrogens (tertiary/aromatic N) is 1. The SMILES string of the molecule is C=CC(C)(C)c1c(O)c(=O)n(C)c2ccccc12. The largest absolute Gasteiger partial charge is 0.503 e. The molecule has 0 fully saturated rings. The molecule has 0 bridgehead atoms. The van der Waals surface area contributed by atoms with Gasteiger partial charge >= 0.3 is 0 Å². The molecule has 18 heavy (non-hydrogen) atoms. The van der Waals surface area contributed by atoms with Gasteiger partial charge in [-0.1, -0.05) is 38.1 Å². The monoisotopic (exact) mass is 243 g/mol. The maximum absolute atomic E-state index is 12.0. The van der Waals surface area contributed by atoms with Crippen LogP contribution in [-0.2, 0) is 12.5 Å². The quantitative estimate of drug-likeness (QED) is 0.824. The standard InChI is InChI=1S/C15H17NO2/c1-5-15(2,3)12-10-8-6-7-9-11(10)16(4)14(18)13(12)17/h5-9,17H,1H2,2-4H3. The zero-order valence-corrected chi connectivity index (χ0v) is 10.9. The number of rotatable bonds is 2. The Labute approximate surface area is 106 Å². The molecular formula is C15H17NO2. The van der Waals surface area contributed by atoms with Crippen molar-refractivity contribution in [2.75, 3.05) is 0 Å². The number of allylic oxidation sites excluding steroid dienone is 1. The van der Waals surface area contributed by atoms with Crippen molar-refractivity contribution >= 4 is 10.9 Å². The molecule has 94 valence electrons. The van der Waals surface area contributed by atoms with Crippen LogP contribution in [0.2, 0.25) is 0 Å². The molecule has 0 amide bonds. The Hall–Kier alpha value is -2.03. The lowest BCUT2D eigenvalue weighted by molar-refractivity contribution is 0.445. The van der Waals surface area contributed by atoms with Crippen LogP contribution in [0.15, 0.2) is 41.7 Å². The Bertz CT molecular complexity index is 681. The van der Waals surface area contributed by atoms with Crippen molar-refractivity contribution in [1.82, 2.24) is 4.57 Å². The van der Waals surface area contributed by atoms with Crippen LogP contribution in [0.25, 0.3) is 10.9 Å². The molecule has 1 N–H and O–H groups in total. The van der Waals surface area contributed by atoms with E-state index in [-0.39, 0.29) is 11.3 Å². The van der Waals surface area contributed by atoms with Gasteiger partial charge in [0.2, 0.25) is 0 Å². The first-order valence-electron chi connectivity index (χ1n) is 5.85. The molecule has 0 aliphatic rings. The van der Waals surface area contributed by atoms with Crippen LogP contribution in [0.3, 0.4) is 0 Å². The molecule has 2 aromatic rings. The van der Waals surface area contributed by atoms with Crippen LogP contribution in [0.4, 0.5) is 0 Å². The number of aromatic nitrogens is 1. The Morgan fingerprint density at radius 3 is 2.56 bits per heavy atom. The lowest BCUT2D eigenvalue weighted by atomic mass is 9.82. The minimum Gasteiger partial charge on any atom is -0.503 e. The summed E-state index contributed by atoms with van der Waals surface area (Å²) in [6, 6.07) is 7.56. The van der Waals surface area contributed by atoms with E-state index >= 15 is 0 Å². The molecular weight excluding hydrogens is 226 g/mol. The zero-order chi connectivity index (χ0) is 13.5. The number of aryl methyl sites for hydroxylation is 1. The van der Waals surface area contributed by atoms with Gasteiger partial charge in [0.15, 0.2) is 5.75 Å². The first-order chi connectivity index (χ1) is 8.40. The van der Waals surface area contributed by atoms with Crippen LogP contribution in [-0.4, -0.2) is 9.67 Å². The molecule has 0 atom stereocenters. The summed E-state index contributed by atoms with van der Waals surface area (Å²) in [6.07, 6.45) is 1.74. The van der Waals surface area contributed by atoms with E-state index in [0.29, 0.717) is 5.56 Å². The highest BCUT2D eigenvalue weighted by atomic mass is 16.3. The van der Waals surface area contributed by atoms with E-state index < -0.39 is 5.41 Å². The molecule has 0 aliphatic heterocycles. The number of benzene rings is 1.